The fraction of sp³-hybridized carbons (Fsp3) is 0.684. The van der Waals surface area contributed by atoms with Gasteiger partial charge in [0, 0.05) is 27.8 Å². The Hall–Kier alpha value is -0.670. The first kappa shape index (κ1) is 17.7. The standard InChI is InChI=1S/C19H31NOS/c1-3-22(21)19-11-7-10-18(14-19)20-15-16(2)12-13-17-8-5-4-6-9-17/h4-6,8-9,16,18-20H,3,7,10-15H2,1-2H3/t16-,18+,19-,22-/m1/s1. The van der Waals surface area contributed by atoms with Crippen molar-refractivity contribution in [2.45, 2.75) is 63.7 Å². The van der Waals surface area contributed by atoms with Gasteiger partial charge in [-0.15, -0.1) is 0 Å². The maximum atomic E-state index is 12.0. The molecule has 0 radical (unpaired) electrons. The summed E-state index contributed by atoms with van der Waals surface area (Å²) in [6, 6.07) is 11.3. The summed E-state index contributed by atoms with van der Waals surface area (Å²) in [5.41, 5.74) is 1.44. The molecule has 2 rings (SSSR count). The Balaban J connectivity index is 1.67. The predicted octanol–water partition coefficient (Wildman–Crippen LogP) is 3.92. The van der Waals surface area contributed by atoms with Gasteiger partial charge in [0.25, 0.3) is 0 Å². The summed E-state index contributed by atoms with van der Waals surface area (Å²) in [6.07, 6.45) is 7.13. The largest absolute Gasteiger partial charge is 0.314 e. The summed E-state index contributed by atoms with van der Waals surface area (Å²) in [5.74, 6) is 1.50. The third kappa shape index (κ3) is 5.85. The van der Waals surface area contributed by atoms with Gasteiger partial charge in [0.2, 0.25) is 0 Å². The number of hydrogen-bond acceptors (Lipinski definition) is 2. The molecule has 0 unspecified atom stereocenters. The summed E-state index contributed by atoms with van der Waals surface area (Å²) < 4.78 is 12.0. The van der Waals surface area contributed by atoms with E-state index in [4.69, 9.17) is 0 Å². The molecule has 0 saturated heterocycles. The van der Waals surface area contributed by atoms with E-state index in [1.54, 1.807) is 0 Å². The maximum absolute atomic E-state index is 12.0. The molecule has 0 aromatic heterocycles. The Morgan fingerprint density at radius 3 is 2.77 bits per heavy atom. The molecule has 0 amide bonds. The fourth-order valence-electron chi connectivity index (χ4n) is 3.33. The number of rotatable bonds is 8. The van der Waals surface area contributed by atoms with E-state index in [0.717, 1.165) is 31.6 Å². The van der Waals surface area contributed by atoms with Crippen molar-refractivity contribution < 1.29 is 4.21 Å². The lowest BCUT2D eigenvalue weighted by Gasteiger charge is -2.30. The first-order valence-corrected chi connectivity index (χ1v) is 10.2. The van der Waals surface area contributed by atoms with Crippen molar-refractivity contribution in [3.05, 3.63) is 35.9 Å². The second-order valence-electron chi connectivity index (χ2n) is 6.69. The van der Waals surface area contributed by atoms with Crippen molar-refractivity contribution in [2.75, 3.05) is 12.3 Å². The molecule has 0 aliphatic heterocycles. The molecular formula is C19H31NOS. The maximum Gasteiger partial charge on any atom is 0.0362 e. The van der Waals surface area contributed by atoms with E-state index in [1.807, 2.05) is 6.92 Å². The molecular weight excluding hydrogens is 290 g/mol. The highest BCUT2D eigenvalue weighted by atomic mass is 32.2. The van der Waals surface area contributed by atoms with Crippen LogP contribution in [0.5, 0.6) is 0 Å². The molecule has 3 heteroatoms. The van der Waals surface area contributed by atoms with Crippen LogP contribution >= 0.6 is 0 Å². The summed E-state index contributed by atoms with van der Waals surface area (Å²) >= 11 is 0. The molecule has 4 atom stereocenters. The highest BCUT2D eigenvalue weighted by Crippen LogP contribution is 2.23. The van der Waals surface area contributed by atoms with Crippen LogP contribution in [0.3, 0.4) is 0 Å². The van der Waals surface area contributed by atoms with Gasteiger partial charge in [-0.25, -0.2) is 0 Å². The zero-order valence-corrected chi connectivity index (χ0v) is 14.9. The minimum absolute atomic E-state index is 0.427. The van der Waals surface area contributed by atoms with Crippen molar-refractivity contribution in [1.29, 1.82) is 0 Å². The number of aryl methyl sites for hydroxylation is 1. The highest BCUT2D eigenvalue weighted by molar-refractivity contribution is 7.85. The van der Waals surface area contributed by atoms with Crippen LogP contribution in [0.4, 0.5) is 0 Å². The quantitative estimate of drug-likeness (QED) is 0.786. The van der Waals surface area contributed by atoms with Gasteiger partial charge in [-0.1, -0.05) is 50.6 Å². The van der Waals surface area contributed by atoms with Gasteiger partial charge in [-0.05, 0) is 50.1 Å². The van der Waals surface area contributed by atoms with Crippen molar-refractivity contribution >= 4 is 10.8 Å². The van der Waals surface area contributed by atoms with Gasteiger partial charge in [-0.3, -0.25) is 4.21 Å². The average Bonchev–Trinajstić information content (AvgIpc) is 2.58. The Labute approximate surface area is 138 Å². The van der Waals surface area contributed by atoms with E-state index < -0.39 is 10.8 Å². The lowest BCUT2D eigenvalue weighted by molar-refractivity contribution is 0.350. The number of nitrogens with one attached hydrogen (secondary N) is 1. The van der Waals surface area contributed by atoms with E-state index in [9.17, 15) is 4.21 Å². The zero-order valence-electron chi connectivity index (χ0n) is 14.1. The normalized spacial score (nSPS) is 24.8. The van der Waals surface area contributed by atoms with Crippen LogP contribution in [-0.4, -0.2) is 27.8 Å². The predicted molar refractivity (Wildman–Crippen MR) is 96.7 cm³/mol. The number of hydrogen-bond donors (Lipinski definition) is 1. The topological polar surface area (TPSA) is 29.1 Å². The molecule has 2 nitrogen and oxygen atoms in total. The SMILES string of the molecule is CC[S@@](=O)[C@@H]1CCC[C@H](NC[C@H](C)CCc2ccccc2)C1. The molecule has 0 spiro atoms. The molecule has 22 heavy (non-hydrogen) atoms. The third-order valence-corrected chi connectivity index (χ3v) is 6.55. The molecule has 0 bridgehead atoms. The molecule has 1 aromatic carbocycles. The molecule has 1 fully saturated rings. The summed E-state index contributed by atoms with van der Waals surface area (Å²) in [4.78, 5) is 0. The van der Waals surface area contributed by atoms with Crippen LogP contribution in [0.25, 0.3) is 0 Å². The molecule has 1 aromatic rings. The minimum atomic E-state index is -0.617. The fourth-order valence-corrected chi connectivity index (χ4v) is 4.68. The molecule has 1 saturated carbocycles. The highest BCUT2D eigenvalue weighted by Gasteiger charge is 2.25. The molecule has 1 N–H and O–H groups in total. The lowest BCUT2D eigenvalue weighted by atomic mass is 9.94. The van der Waals surface area contributed by atoms with Crippen LogP contribution < -0.4 is 5.32 Å². The van der Waals surface area contributed by atoms with Gasteiger partial charge in [0.15, 0.2) is 0 Å². The van der Waals surface area contributed by atoms with Crippen LogP contribution in [0.15, 0.2) is 30.3 Å². The smallest absolute Gasteiger partial charge is 0.0362 e. The van der Waals surface area contributed by atoms with Gasteiger partial charge >= 0.3 is 0 Å². The third-order valence-electron chi connectivity index (χ3n) is 4.81. The van der Waals surface area contributed by atoms with Crippen LogP contribution in [-0.2, 0) is 17.2 Å². The first-order chi connectivity index (χ1) is 10.7. The van der Waals surface area contributed by atoms with Crippen LogP contribution in [0, 0.1) is 5.92 Å². The monoisotopic (exact) mass is 321 g/mol. The Kier molecular flexibility index (Phi) is 7.61. The van der Waals surface area contributed by atoms with E-state index >= 15 is 0 Å². The van der Waals surface area contributed by atoms with Crippen LogP contribution in [0.1, 0.15) is 51.5 Å². The Morgan fingerprint density at radius 1 is 1.27 bits per heavy atom. The van der Waals surface area contributed by atoms with Crippen molar-refractivity contribution in [1.82, 2.24) is 5.32 Å². The first-order valence-electron chi connectivity index (χ1n) is 8.83. The second-order valence-corrected chi connectivity index (χ2v) is 8.70. The van der Waals surface area contributed by atoms with E-state index in [-0.39, 0.29) is 0 Å². The van der Waals surface area contributed by atoms with Crippen LogP contribution in [0.2, 0.25) is 0 Å². The summed E-state index contributed by atoms with van der Waals surface area (Å²) in [5, 5.41) is 4.16. The average molecular weight is 322 g/mol. The zero-order chi connectivity index (χ0) is 15.8. The van der Waals surface area contributed by atoms with Gasteiger partial charge in [0.05, 0.1) is 0 Å². The lowest BCUT2D eigenvalue weighted by Crippen LogP contribution is -2.39. The number of benzene rings is 1. The summed E-state index contributed by atoms with van der Waals surface area (Å²) in [6.45, 7) is 5.46. The van der Waals surface area contributed by atoms with Gasteiger partial charge < -0.3 is 5.32 Å². The Bertz CT molecular complexity index is 448. The molecule has 124 valence electrons. The van der Waals surface area contributed by atoms with Crippen molar-refractivity contribution in [3.8, 4) is 0 Å². The van der Waals surface area contributed by atoms with E-state index in [2.05, 4.69) is 42.6 Å². The van der Waals surface area contributed by atoms with Crippen molar-refractivity contribution in [2.24, 2.45) is 5.92 Å². The van der Waals surface area contributed by atoms with E-state index in [1.165, 1.54) is 24.8 Å². The van der Waals surface area contributed by atoms with Crippen molar-refractivity contribution in [3.63, 3.8) is 0 Å². The van der Waals surface area contributed by atoms with Gasteiger partial charge in [-0.2, -0.15) is 0 Å². The minimum Gasteiger partial charge on any atom is -0.314 e. The molecule has 0 heterocycles. The summed E-state index contributed by atoms with van der Waals surface area (Å²) in [7, 11) is -0.617. The Morgan fingerprint density at radius 2 is 2.05 bits per heavy atom. The van der Waals surface area contributed by atoms with Gasteiger partial charge in [0.1, 0.15) is 0 Å². The molecule has 1 aliphatic carbocycles. The second kappa shape index (κ2) is 9.46. The van der Waals surface area contributed by atoms with E-state index in [0.29, 0.717) is 17.2 Å². The molecule has 1 aliphatic rings.